The summed E-state index contributed by atoms with van der Waals surface area (Å²) in [7, 11) is 0. The van der Waals surface area contributed by atoms with Gasteiger partial charge in [0.25, 0.3) is 0 Å². The number of carboxylic acid groups (broad SMARTS) is 5. The van der Waals surface area contributed by atoms with Gasteiger partial charge in [-0.2, -0.15) is 0 Å². The summed E-state index contributed by atoms with van der Waals surface area (Å²) in [6.07, 6.45) is -13.3. The van der Waals surface area contributed by atoms with Crippen molar-refractivity contribution in [3.63, 3.8) is 0 Å². The Morgan fingerprint density at radius 2 is 0.703 bits per heavy atom. The molecule has 148 heavy (non-hydrogen) atoms. The predicted molar refractivity (Wildman–Crippen MR) is 510 cm³/mol. The van der Waals surface area contributed by atoms with Crippen LogP contribution in [0.1, 0.15) is 157 Å². The first kappa shape index (κ1) is 127. The zero-order chi connectivity index (χ0) is 112. The van der Waals surface area contributed by atoms with Crippen molar-refractivity contribution in [2.24, 2.45) is 29.2 Å². The lowest BCUT2D eigenvalue weighted by Crippen LogP contribution is -2.64. The third-order valence-corrected chi connectivity index (χ3v) is 22.8. The van der Waals surface area contributed by atoms with Gasteiger partial charge in [0.2, 0.25) is 118 Å². The van der Waals surface area contributed by atoms with Gasteiger partial charge in [0.05, 0.1) is 70.5 Å². The third kappa shape index (κ3) is 44.1. The number of primary amides is 1. The first-order chi connectivity index (χ1) is 69.4. The van der Waals surface area contributed by atoms with E-state index in [0.717, 1.165) is 32.6 Å². The van der Waals surface area contributed by atoms with Crippen LogP contribution in [0.3, 0.4) is 0 Å². The van der Waals surface area contributed by atoms with Gasteiger partial charge >= 0.3 is 29.8 Å². The molecule has 0 aliphatic carbocycles. The molecule has 822 valence electrons. The number of carboxylic acids is 5. The molecule has 2 aromatic carbocycles. The Kier molecular flexibility index (Phi) is 54.4. The van der Waals surface area contributed by atoms with Gasteiger partial charge in [0.1, 0.15) is 109 Å². The molecular weight excluding hydrogens is 1960 g/mol. The summed E-state index contributed by atoms with van der Waals surface area (Å²) in [5.41, 5.74) is 11.4. The lowest BCUT2D eigenvalue weighted by molar-refractivity contribution is -0.147. The van der Waals surface area contributed by atoms with Crippen molar-refractivity contribution >= 4 is 148 Å². The van der Waals surface area contributed by atoms with E-state index < -0.39 is 377 Å². The molecular formula is C91H137N21O36. The van der Waals surface area contributed by atoms with Crippen molar-refractivity contribution in [1.29, 1.82) is 0 Å². The summed E-state index contributed by atoms with van der Waals surface area (Å²) in [4.78, 5) is 337. The van der Waals surface area contributed by atoms with Crippen LogP contribution >= 0.6 is 0 Å². The lowest BCUT2D eigenvalue weighted by Gasteiger charge is -2.31. The number of hydrogen-bond donors (Lipinski definition) is 31. The number of aliphatic hydroxyl groups excluding tert-OH is 6. The van der Waals surface area contributed by atoms with E-state index in [1.807, 2.05) is 5.32 Å². The fraction of sp³-hybridized carbons (Fsp3) is 0.593. The maximum Gasteiger partial charge on any atom is 0.326 e. The molecule has 0 aromatic heterocycles. The summed E-state index contributed by atoms with van der Waals surface area (Å²) < 4.78 is 0. The van der Waals surface area contributed by atoms with Gasteiger partial charge in [-0.1, -0.05) is 109 Å². The maximum atomic E-state index is 14.8. The number of likely N-dealkylation sites (tertiary alicyclic amines) is 1. The number of carbonyl (C=O) groups is 25. The summed E-state index contributed by atoms with van der Waals surface area (Å²) in [5.74, 6) is -34.4. The van der Waals surface area contributed by atoms with Crippen LogP contribution in [0.2, 0.25) is 0 Å². The predicted octanol–water partition coefficient (Wildman–Crippen LogP) is -12.3. The molecule has 22 atom stereocenters. The minimum Gasteiger partial charge on any atom is -0.481 e. The molecule has 2 aromatic rings. The highest BCUT2D eigenvalue weighted by molar-refractivity contribution is 6.03. The first-order valence-electron chi connectivity index (χ1n) is 47.2. The number of nitrogens with two attached hydrogens (primary N) is 2. The second-order valence-corrected chi connectivity index (χ2v) is 36.0. The number of hydrogen-bond acceptors (Lipinski definition) is 32. The number of aliphatic carboxylic acids is 5. The fourth-order valence-corrected chi connectivity index (χ4v) is 14.6. The van der Waals surface area contributed by atoms with E-state index in [-0.39, 0.29) is 45.1 Å². The summed E-state index contributed by atoms with van der Waals surface area (Å²) in [6, 6.07) is -18.2. The van der Waals surface area contributed by atoms with Crippen LogP contribution in [-0.4, -0.2) is 376 Å². The highest BCUT2D eigenvalue weighted by Crippen LogP contribution is 2.23. The molecule has 0 spiro atoms. The van der Waals surface area contributed by atoms with E-state index in [9.17, 15) is 171 Å². The average molecular weight is 2100 g/mol. The average Bonchev–Trinajstić information content (AvgIpc) is 1.61. The van der Waals surface area contributed by atoms with Gasteiger partial charge in [0.15, 0.2) is 0 Å². The molecule has 0 saturated carbocycles. The molecule has 33 N–H and O–H groups in total. The van der Waals surface area contributed by atoms with Gasteiger partial charge < -0.3 is 168 Å². The Labute approximate surface area is 847 Å². The molecule has 1 heterocycles. The Hall–Kier alpha value is -15.1. The molecule has 1 saturated heterocycles. The van der Waals surface area contributed by atoms with Crippen molar-refractivity contribution in [1.82, 2.24) is 101 Å². The van der Waals surface area contributed by atoms with Crippen molar-refractivity contribution in [3.05, 3.63) is 71.8 Å². The first-order valence-corrected chi connectivity index (χ1v) is 47.2. The lowest BCUT2D eigenvalue weighted by atomic mass is 9.97. The molecule has 0 bridgehead atoms. The van der Waals surface area contributed by atoms with Crippen molar-refractivity contribution in [3.8, 4) is 0 Å². The third-order valence-electron chi connectivity index (χ3n) is 22.8. The Balaban J connectivity index is 1.87. The highest BCUT2D eigenvalue weighted by Gasteiger charge is 2.45. The number of amides is 20. The number of rotatable bonds is 66. The van der Waals surface area contributed by atoms with E-state index in [1.54, 1.807) is 46.8 Å². The minimum atomic E-state index is -2.14. The number of nitrogens with one attached hydrogen (secondary N) is 18. The molecule has 1 aliphatic rings. The number of benzene rings is 2. The van der Waals surface area contributed by atoms with Crippen molar-refractivity contribution in [2.45, 2.75) is 286 Å². The summed E-state index contributed by atoms with van der Waals surface area (Å²) in [5, 5.41) is 152. The van der Waals surface area contributed by atoms with Gasteiger partial charge in [-0.05, 0) is 95.1 Å². The largest absolute Gasteiger partial charge is 0.481 e. The molecule has 57 heteroatoms. The highest BCUT2D eigenvalue weighted by atomic mass is 16.4. The molecule has 0 radical (unpaired) electrons. The van der Waals surface area contributed by atoms with Crippen LogP contribution in [0.25, 0.3) is 0 Å². The van der Waals surface area contributed by atoms with Gasteiger partial charge in [-0.3, -0.25) is 115 Å². The Bertz CT molecular complexity index is 4980. The molecule has 1 aliphatic heterocycles. The van der Waals surface area contributed by atoms with Crippen LogP contribution in [0.5, 0.6) is 0 Å². The SMILES string of the molecule is CC[C@H](C)[C@H](NC(=O)[C@@H](NC(=O)[C@H](CC(C)C)NC(=O)[C@@H](NC(=O)[C@H](Cc1ccccc1)NC(=O)[C@H](CC(=O)O)NC(=O)[C@@H](NC(=O)CNC(=O)[C@H](CO)NC(=O)CN)[C@@H](C)O)[C@@H](C)O)[C@@H](C)O)C(=O)N[C@@H](CO)C(=O)N[C@@H](CO)C(=O)N[C@@H](CC(C)C)C(=O)N[C@@H](CCC(N)=O)C(=O)N1CCC[C@H]1C(=O)N[C@@H](CCC(=O)O)C(=O)N[C@@H](CC(=O)O)C(=O)N[C@@H](Cc1ccccc1)C(=O)N[C@@H](C)C(=O)N[C@@H](CC(=O)O)C(=O)O. The van der Waals surface area contributed by atoms with E-state index in [2.05, 4.69) is 90.4 Å². The molecule has 20 amide bonds. The molecule has 3 rings (SSSR count). The van der Waals surface area contributed by atoms with Gasteiger partial charge in [-0.25, -0.2) is 4.79 Å². The van der Waals surface area contributed by atoms with Crippen LogP contribution < -0.4 is 107 Å². The maximum absolute atomic E-state index is 14.8. The Morgan fingerprint density at radius 3 is 1.13 bits per heavy atom. The van der Waals surface area contributed by atoms with Gasteiger partial charge in [0, 0.05) is 32.2 Å². The van der Waals surface area contributed by atoms with Crippen molar-refractivity contribution in [2.75, 3.05) is 39.5 Å². The fourth-order valence-electron chi connectivity index (χ4n) is 14.6. The zero-order valence-corrected chi connectivity index (χ0v) is 83.0. The second kappa shape index (κ2) is 63.3. The van der Waals surface area contributed by atoms with Crippen LogP contribution in [0, 0.1) is 17.8 Å². The molecule has 1 fully saturated rings. The molecule has 57 nitrogen and oxygen atoms in total. The quantitative estimate of drug-likeness (QED) is 0.0292. The van der Waals surface area contributed by atoms with E-state index >= 15 is 0 Å². The summed E-state index contributed by atoms with van der Waals surface area (Å²) in [6.45, 7) is 8.30. The van der Waals surface area contributed by atoms with Gasteiger partial charge in [-0.15, -0.1) is 0 Å². The second-order valence-electron chi connectivity index (χ2n) is 36.0. The number of nitrogens with zero attached hydrogens (tertiary/aromatic N) is 1. The summed E-state index contributed by atoms with van der Waals surface area (Å²) >= 11 is 0. The van der Waals surface area contributed by atoms with E-state index in [0.29, 0.717) is 11.1 Å². The van der Waals surface area contributed by atoms with Crippen molar-refractivity contribution < 1.29 is 176 Å². The normalized spacial score (nSPS) is 16.4. The van der Waals surface area contributed by atoms with Crippen LogP contribution in [-0.2, 0) is 133 Å². The smallest absolute Gasteiger partial charge is 0.326 e. The zero-order valence-electron chi connectivity index (χ0n) is 83.0. The Morgan fingerprint density at radius 1 is 0.358 bits per heavy atom. The van der Waals surface area contributed by atoms with Crippen LogP contribution in [0.15, 0.2) is 60.7 Å². The number of carbonyl (C=O) groups excluding carboxylic acids is 20. The van der Waals surface area contributed by atoms with E-state index in [4.69, 9.17) is 16.6 Å². The number of aliphatic hydroxyl groups is 6. The standard InChI is InChI=1S/C91H137N21O36/c1-11-43(6)70(109-89(145)73(47(10)118)111-81(137)53(30-42(4)5)103-88(144)72(46(9)117)110-82(138)55(32-49-21-16-13-17-22-49)101-80(136)57(34-68(126)127)104-87(143)71(45(8)116)108-65(121)37-94-75(131)59(38-113)96-64(120)36-92)86(142)107-61(40-115)84(140)106-60(39-114)83(139)99-52(29-41(2)3)78(134)98-51(24-26-63(93)119)90(146)112-28-18-23-62(112)85(141)97-50(25-27-66(122)123)76(132)102-56(33-67(124)125)79(135)100-54(31-48-19-14-12-15-20-48)77(133)95-44(7)74(130)105-58(91(147)148)35-69(128)129/h12-17,19-22,41-47,50-62,70-73,113-118H,11,18,23-40,92H2,1-10H3,(H2,93,119)(H,94,131)(H,95,133)(H,96,120)(H,97,141)(H,98,134)(H,99,139)(H,100,135)(H,101,136)(H,102,132)(H,103,144)(H,104,143)(H,105,130)(H,106,140)(H,107,142)(H,108,121)(H,109,145)(H,110,138)(H,111,137)(H,122,123)(H,124,125)(H,126,127)(H,128,129)(H,147,148)/t43-,44-,45+,46+,47+,50-,51-,52-,53-,54-,55-,56-,57-,58-,59-,60-,61-,62-,70-,71-,72-,73-/m0/s1. The minimum absolute atomic E-state index is 0.0336. The molecule has 0 unspecified atom stereocenters. The topological polar surface area (TPSA) is 921 Å². The van der Waals surface area contributed by atoms with Crippen LogP contribution in [0.4, 0.5) is 0 Å². The monoisotopic (exact) mass is 2100 g/mol. The van der Waals surface area contributed by atoms with E-state index in [1.165, 1.54) is 55.5 Å².